The highest BCUT2D eigenvalue weighted by Crippen LogP contribution is 2.24. The van der Waals surface area contributed by atoms with Crippen molar-refractivity contribution in [2.24, 2.45) is 0 Å². The molecule has 0 aliphatic rings. The quantitative estimate of drug-likeness (QED) is 0.793. The van der Waals surface area contributed by atoms with E-state index >= 15 is 0 Å². The molecule has 0 spiro atoms. The minimum absolute atomic E-state index is 0.0421. The highest BCUT2D eigenvalue weighted by molar-refractivity contribution is 6.43. The number of anilines is 2. The Hall–Kier alpha value is -2.62. The SMILES string of the molecule is Cc1cc(C)c(NC(=O)C(=O)Nc2ccc(C(C)(C)C)cc2)c(C)c1. The summed E-state index contributed by atoms with van der Waals surface area (Å²) >= 11 is 0. The van der Waals surface area contributed by atoms with Crippen LogP contribution in [0.5, 0.6) is 0 Å². The van der Waals surface area contributed by atoms with Gasteiger partial charge >= 0.3 is 11.8 Å². The van der Waals surface area contributed by atoms with E-state index in [4.69, 9.17) is 0 Å². The Morgan fingerprint density at radius 3 is 1.76 bits per heavy atom. The maximum atomic E-state index is 12.2. The monoisotopic (exact) mass is 338 g/mol. The number of amides is 2. The van der Waals surface area contributed by atoms with Gasteiger partial charge in [0, 0.05) is 11.4 Å². The van der Waals surface area contributed by atoms with E-state index in [1.165, 1.54) is 5.56 Å². The molecule has 4 nitrogen and oxygen atoms in total. The van der Waals surface area contributed by atoms with Gasteiger partial charge in [-0.3, -0.25) is 9.59 Å². The molecule has 0 saturated carbocycles. The fourth-order valence-corrected chi connectivity index (χ4v) is 2.79. The first-order valence-electron chi connectivity index (χ1n) is 8.38. The van der Waals surface area contributed by atoms with Gasteiger partial charge in [0.05, 0.1) is 0 Å². The number of carbonyl (C=O) groups excluding carboxylic acids is 2. The van der Waals surface area contributed by atoms with Gasteiger partial charge in [0.1, 0.15) is 0 Å². The summed E-state index contributed by atoms with van der Waals surface area (Å²) in [7, 11) is 0. The number of hydrogen-bond donors (Lipinski definition) is 2. The highest BCUT2D eigenvalue weighted by Gasteiger charge is 2.17. The zero-order chi connectivity index (χ0) is 18.8. The Bertz CT molecular complexity index is 777. The Balaban J connectivity index is 2.07. The van der Waals surface area contributed by atoms with Gasteiger partial charge in [-0.25, -0.2) is 0 Å². The number of hydrogen-bond acceptors (Lipinski definition) is 2. The molecule has 2 aromatic rings. The van der Waals surface area contributed by atoms with Crippen molar-refractivity contribution in [2.75, 3.05) is 10.6 Å². The van der Waals surface area contributed by atoms with Crippen LogP contribution in [0.1, 0.15) is 43.0 Å². The summed E-state index contributed by atoms with van der Waals surface area (Å²) in [5, 5.41) is 5.35. The standard InChI is InChI=1S/C21H26N2O2/c1-13-11-14(2)18(15(3)12-13)23-20(25)19(24)22-17-9-7-16(8-10-17)21(4,5)6/h7-12H,1-6H3,(H,22,24)(H,23,25). The van der Waals surface area contributed by atoms with Crippen molar-refractivity contribution in [1.29, 1.82) is 0 Å². The summed E-state index contributed by atoms with van der Waals surface area (Å²) in [5.74, 6) is -1.35. The molecule has 0 heterocycles. The summed E-state index contributed by atoms with van der Waals surface area (Å²) in [6.45, 7) is 12.2. The third-order valence-corrected chi connectivity index (χ3v) is 4.13. The van der Waals surface area contributed by atoms with Crippen molar-refractivity contribution in [3.05, 3.63) is 58.7 Å². The minimum atomic E-state index is -0.678. The van der Waals surface area contributed by atoms with Gasteiger partial charge in [-0.2, -0.15) is 0 Å². The molecular weight excluding hydrogens is 312 g/mol. The van der Waals surface area contributed by atoms with Crippen molar-refractivity contribution in [3.63, 3.8) is 0 Å². The first-order valence-corrected chi connectivity index (χ1v) is 8.38. The van der Waals surface area contributed by atoms with Gasteiger partial charge in [-0.1, -0.05) is 50.6 Å². The van der Waals surface area contributed by atoms with E-state index < -0.39 is 11.8 Å². The van der Waals surface area contributed by atoms with Gasteiger partial charge in [0.15, 0.2) is 0 Å². The minimum Gasteiger partial charge on any atom is -0.318 e. The Morgan fingerprint density at radius 1 is 0.800 bits per heavy atom. The molecule has 2 amide bonds. The molecular formula is C21H26N2O2. The number of benzene rings is 2. The third-order valence-electron chi connectivity index (χ3n) is 4.13. The fourth-order valence-electron chi connectivity index (χ4n) is 2.79. The van der Waals surface area contributed by atoms with Crippen LogP contribution in [0.2, 0.25) is 0 Å². The lowest BCUT2D eigenvalue weighted by atomic mass is 9.87. The summed E-state index contributed by atoms with van der Waals surface area (Å²) < 4.78 is 0. The smallest absolute Gasteiger partial charge is 0.314 e. The molecule has 0 fully saturated rings. The molecule has 2 aromatic carbocycles. The van der Waals surface area contributed by atoms with Gasteiger partial charge < -0.3 is 10.6 Å². The Kier molecular flexibility index (Phi) is 5.31. The van der Waals surface area contributed by atoms with Crippen LogP contribution in [0, 0.1) is 20.8 Å². The average molecular weight is 338 g/mol. The summed E-state index contributed by atoms with van der Waals surface area (Å²) in [5.41, 5.74) is 5.50. The molecule has 0 aliphatic heterocycles. The van der Waals surface area contributed by atoms with Crippen LogP contribution in [0.15, 0.2) is 36.4 Å². The van der Waals surface area contributed by atoms with Gasteiger partial charge in [0.2, 0.25) is 0 Å². The van der Waals surface area contributed by atoms with Crippen LogP contribution in [-0.4, -0.2) is 11.8 Å². The van der Waals surface area contributed by atoms with Crippen LogP contribution in [0.25, 0.3) is 0 Å². The Morgan fingerprint density at radius 2 is 1.28 bits per heavy atom. The predicted octanol–water partition coefficient (Wildman–Crippen LogP) is 4.49. The Labute approximate surface area is 149 Å². The normalized spacial score (nSPS) is 11.1. The maximum absolute atomic E-state index is 12.2. The topological polar surface area (TPSA) is 58.2 Å². The van der Waals surface area contributed by atoms with Gasteiger partial charge in [0.25, 0.3) is 0 Å². The molecule has 0 aromatic heterocycles. The van der Waals surface area contributed by atoms with E-state index in [2.05, 4.69) is 31.4 Å². The molecule has 0 aliphatic carbocycles. The van der Waals surface area contributed by atoms with E-state index in [0.29, 0.717) is 11.4 Å². The number of rotatable bonds is 2. The van der Waals surface area contributed by atoms with Crippen molar-refractivity contribution < 1.29 is 9.59 Å². The second-order valence-corrected chi connectivity index (χ2v) is 7.51. The molecule has 4 heteroatoms. The van der Waals surface area contributed by atoms with E-state index in [1.54, 1.807) is 0 Å². The lowest BCUT2D eigenvalue weighted by Gasteiger charge is -2.19. The third kappa shape index (κ3) is 4.69. The van der Waals surface area contributed by atoms with E-state index in [-0.39, 0.29) is 5.41 Å². The number of carbonyl (C=O) groups is 2. The van der Waals surface area contributed by atoms with Crippen LogP contribution >= 0.6 is 0 Å². The van der Waals surface area contributed by atoms with Crippen LogP contribution < -0.4 is 10.6 Å². The lowest BCUT2D eigenvalue weighted by Crippen LogP contribution is -2.29. The zero-order valence-electron chi connectivity index (χ0n) is 15.8. The first-order chi connectivity index (χ1) is 11.6. The molecule has 0 saturated heterocycles. The molecule has 25 heavy (non-hydrogen) atoms. The molecule has 0 radical (unpaired) electrons. The van der Waals surface area contributed by atoms with Gasteiger partial charge in [-0.05, 0) is 55.0 Å². The number of nitrogens with one attached hydrogen (secondary N) is 2. The van der Waals surface area contributed by atoms with Crippen molar-refractivity contribution in [3.8, 4) is 0 Å². The largest absolute Gasteiger partial charge is 0.318 e. The lowest BCUT2D eigenvalue weighted by molar-refractivity contribution is -0.133. The molecule has 0 unspecified atom stereocenters. The molecule has 2 N–H and O–H groups in total. The van der Waals surface area contributed by atoms with E-state index in [1.807, 2.05) is 57.2 Å². The van der Waals surface area contributed by atoms with Crippen molar-refractivity contribution in [2.45, 2.75) is 47.0 Å². The average Bonchev–Trinajstić information content (AvgIpc) is 2.50. The van der Waals surface area contributed by atoms with Crippen LogP contribution in [0.3, 0.4) is 0 Å². The van der Waals surface area contributed by atoms with E-state index in [0.717, 1.165) is 16.7 Å². The fraction of sp³-hybridized carbons (Fsp3) is 0.333. The highest BCUT2D eigenvalue weighted by atomic mass is 16.2. The first kappa shape index (κ1) is 18.7. The zero-order valence-corrected chi connectivity index (χ0v) is 15.8. The second-order valence-electron chi connectivity index (χ2n) is 7.51. The molecule has 0 bridgehead atoms. The summed E-state index contributed by atoms with van der Waals surface area (Å²) in [4.78, 5) is 24.4. The van der Waals surface area contributed by atoms with Crippen molar-refractivity contribution in [1.82, 2.24) is 0 Å². The molecule has 2 rings (SSSR count). The van der Waals surface area contributed by atoms with Crippen molar-refractivity contribution >= 4 is 23.2 Å². The van der Waals surface area contributed by atoms with Crippen LogP contribution in [-0.2, 0) is 15.0 Å². The summed E-state index contributed by atoms with van der Waals surface area (Å²) in [6.07, 6.45) is 0. The van der Waals surface area contributed by atoms with E-state index in [9.17, 15) is 9.59 Å². The summed E-state index contributed by atoms with van der Waals surface area (Å²) in [6, 6.07) is 11.5. The number of aryl methyl sites for hydroxylation is 3. The maximum Gasteiger partial charge on any atom is 0.314 e. The van der Waals surface area contributed by atoms with Gasteiger partial charge in [-0.15, -0.1) is 0 Å². The second kappa shape index (κ2) is 7.09. The van der Waals surface area contributed by atoms with Crippen LogP contribution in [0.4, 0.5) is 11.4 Å². The predicted molar refractivity (Wildman–Crippen MR) is 103 cm³/mol. The molecule has 0 atom stereocenters. The molecule has 132 valence electrons.